The van der Waals surface area contributed by atoms with Gasteiger partial charge in [0.1, 0.15) is 11.5 Å². The highest BCUT2D eigenvalue weighted by molar-refractivity contribution is 5.94. The van der Waals surface area contributed by atoms with E-state index < -0.39 is 11.8 Å². The van der Waals surface area contributed by atoms with Crippen LogP contribution in [0.2, 0.25) is 0 Å². The molecule has 18 heavy (non-hydrogen) atoms. The highest BCUT2D eigenvalue weighted by Gasteiger charge is 2.22. The van der Waals surface area contributed by atoms with Gasteiger partial charge in [-0.2, -0.15) is 10.3 Å². The van der Waals surface area contributed by atoms with Crippen molar-refractivity contribution in [2.24, 2.45) is 0 Å². The molecule has 0 fully saturated rings. The van der Waals surface area contributed by atoms with E-state index in [1.807, 2.05) is 0 Å². The number of carbonyl (C=O) groups is 1. The van der Waals surface area contributed by atoms with Crippen LogP contribution in [-0.2, 0) is 4.74 Å². The number of esters is 1. The van der Waals surface area contributed by atoms with Gasteiger partial charge in [-0.25, -0.2) is 9.18 Å². The molecule has 1 heterocycles. The molecule has 0 radical (unpaired) electrons. The molecule has 0 bridgehead atoms. The SMILES string of the molecule is CCOC(=O)c1n[nH]nc1-c1c(C)cccc1F. The number of aromatic amines is 1. The fraction of sp³-hybridized carbons (Fsp3) is 0.250. The number of aromatic nitrogens is 3. The Morgan fingerprint density at radius 1 is 1.44 bits per heavy atom. The van der Waals surface area contributed by atoms with E-state index in [0.29, 0.717) is 5.56 Å². The van der Waals surface area contributed by atoms with Crippen molar-refractivity contribution in [1.29, 1.82) is 0 Å². The fourth-order valence-corrected chi connectivity index (χ4v) is 1.68. The van der Waals surface area contributed by atoms with Crippen LogP contribution in [0.4, 0.5) is 4.39 Å². The second-order valence-corrected chi connectivity index (χ2v) is 3.67. The molecule has 6 heteroatoms. The number of carbonyl (C=O) groups excluding carboxylic acids is 1. The van der Waals surface area contributed by atoms with Gasteiger partial charge in [-0.15, -0.1) is 5.10 Å². The number of benzene rings is 1. The van der Waals surface area contributed by atoms with Gasteiger partial charge in [0.25, 0.3) is 0 Å². The van der Waals surface area contributed by atoms with Gasteiger partial charge in [0, 0.05) is 5.56 Å². The van der Waals surface area contributed by atoms with Crippen LogP contribution in [-0.4, -0.2) is 28.0 Å². The molecule has 1 aromatic carbocycles. The molecule has 5 nitrogen and oxygen atoms in total. The molecular weight excluding hydrogens is 237 g/mol. The monoisotopic (exact) mass is 249 g/mol. The van der Waals surface area contributed by atoms with Gasteiger partial charge < -0.3 is 4.74 Å². The van der Waals surface area contributed by atoms with Crippen molar-refractivity contribution < 1.29 is 13.9 Å². The predicted molar refractivity (Wildman–Crippen MR) is 62.5 cm³/mol. The molecule has 1 N–H and O–H groups in total. The summed E-state index contributed by atoms with van der Waals surface area (Å²) in [5.74, 6) is -1.07. The van der Waals surface area contributed by atoms with Gasteiger partial charge in [-0.05, 0) is 25.5 Å². The lowest BCUT2D eigenvalue weighted by Crippen LogP contribution is -2.07. The standard InChI is InChI=1S/C12H12FN3O2/c1-3-18-12(17)11-10(14-16-15-11)9-7(2)5-4-6-8(9)13/h4-6H,3H2,1-2H3,(H,14,15,16). The van der Waals surface area contributed by atoms with E-state index >= 15 is 0 Å². The van der Waals surface area contributed by atoms with E-state index in [0.717, 1.165) is 0 Å². The van der Waals surface area contributed by atoms with Crippen LogP contribution in [0, 0.1) is 12.7 Å². The Kier molecular flexibility index (Phi) is 3.36. The fourth-order valence-electron chi connectivity index (χ4n) is 1.68. The van der Waals surface area contributed by atoms with Gasteiger partial charge in [-0.1, -0.05) is 12.1 Å². The van der Waals surface area contributed by atoms with E-state index in [4.69, 9.17) is 4.74 Å². The predicted octanol–water partition coefficient (Wildman–Crippen LogP) is 2.10. The minimum Gasteiger partial charge on any atom is -0.461 e. The normalized spacial score (nSPS) is 10.4. The number of H-pyrrole nitrogens is 1. The second kappa shape index (κ2) is 4.95. The molecule has 0 saturated heterocycles. The summed E-state index contributed by atoms with van der Waals surface area (Å²) in [6, 6.07) is 4.65. The molecule has 94 valence electrons. The van der Waals surface area contributed by atoms with Gasteiger partial charge in [-0.3, -0.25) is 0 Å². The number of hydrogen-bond acceptors (Lipinski definition) is 4. The zero-order chi connectivity index (χ0) is 13.1. The van der Waals surface area contributed by atoms with Crippen LogP contribution in [0.1, 0.15) is 23.0 Å². The van der Waals surface area contributed by atoms with E-state index in [1.54, 1.807) is 26.0 Å². The lowest BCUT2D eigenvalue weighted by atomic mass is 10.0. The van der Waals surface area contributed by atoms with Crippen molar-refractivity contribution in [3.63, 3.8) is 0 Å². The summed E-state index contributed by atoms with van der Waals surface area (Å²) in [7, 11) is 0. The van der Waals surface area contributed by atoms with E-state index in [-0.39, 0.29) is 23.6 Å². The van der Waals surface area contributed by atoms with Gasteiger partial charge in [0.15, 0.2) is 5.69 Å². The third-order valence-corrected chi connectivity index (χ3v) is 2.48. The number of ether oxygens (including phenoxy) is 1. The molecule has 0 aliphatic carbocycles. The van der Waals surface area contributed by atoms with Gasteiger partial charge >= 0.3 is 5.97 Å². The molecule has 2 aromatic rings. The Hall–Kier alpha value is -2.24. The van der Waals surface area contributed by atoms with Crippen molar-refractivity contribution >= 4 is 5.97 Å². The zero-order valence-electron chi connectivity index (χ0n) is 10.0. The zero-order valence-corrected chi connectivity index (χ0v) is 10.0. The Balaban J connectivity index is 2.52. The Labute approximate surface area is 103 Å². The number of hydrogen-bond donors (Lipinski definition) is 1. The molecule has 0 spiro atoms. The first kappa shape index (κ1) is 12.2. The minimum atomic E-state index is -0.621. The van der Waals surface area contributed by atoms with Crippen LogP contribution in [0.5, 0.6) is 0 Å². The van der Waals surface area contributed by atoms with Crippen LogP contribution in [0.15, 0.2) is 18.2 Å². The van der Waals surface area contributed by atoms with Gasteiger partial charge in [0.05, 0.1) is 6.61 Å². The Bertz CT molecular complexity index is 560. The van der Waals surface area contributed by atoms with Crippen molar-refractivity contribution in [2.75, 3.05) is 6.61 Å². The molecule has 1 aromatic heterocycles. The smallest absolute Gasteiger partial charge is 0.361 e. The lowest BCUT2D eigenvalue weighted by molar-refractivity contribution is 0.0520. The number of aryl methyl sites for hydroxylation is 1. The third kappa shape index (κ3) is 2.09. The number of nitrogens with one attached hydrogen (secondary N) is 1. The summed E-state index contributed by atoms with van der Waals surface area (Å²) in [4.78, 5) is 11.7. The minimum absolute atomic E-state index is 0.00921. The summed E-state index contributed by atoms with van der Waals surface area (Å²) in [6.45, 7) is 3.65. The van der Waals surface area contributed by atoms with Crippen molar-refractivity contribution in [2.45, 2.75) is 13.8 Å². The van der Waals surface area contributed by atoms with Gasteiger partial charge in [0.2, 0.25) is 0 Å². The highest BCUT2D eigenvalue weighted by Crippen LogP contribution is 2.26. The number of nitrogens with zero attached hydrogens (tertiary/aromatic N) is 2. The van der Waals surface area contributed by atoms with Crippen LogP contribution >= 0.6 is 0 Å². The molecule has 0 unspecified atom stereocenters. The maximum absolute atomic E-state index is 13.8. The number of halogens is 1. The van der Waals surface area contributed by atoms with Crippen LogP contribution < -0.4 is 0 Å². The first-order valence-electron chi connectivity index (χ1n) is 5.48. The topological polar surface area (TPSA) is 67.9 Å². The largest absolute Gasteiger partial charge is 0.461 e. The van der Waals surface area contributed by atoms with Crippen molar-refractivity contribution in [3.8, 4) is 11.3 Å². The average molecular weight is 249 g/mol. The van der Waals surface area contributed by atoms with E-state index in [9.17, 15) is 9.18 Å². The quantitative estimate of drug-likeness (QED) is 0.846. The molecule has 0 saturated carbocycles. The highest BCUT2D eigenvalue weighted by atomic mass is 19.1. The van der Waals surface area contributed by atoms with Crippen molar-refractivity contribution in [1.82, 2.24) is 15.4 Å². The maximum atomic E-state index is 13.8. The van der Waals surface area contributed by atoms with E-state index in [1.165, 1.54) is 6.07 Å². The third-order valence-electron chi connectivity index (χ3n) is 2.48. The first-order valence-corrected chi connectivity index (χ1v) is 5.48. The maximum Gasteiger partial charge on any atom is 0.361 e. The molecule has 0 aliphatic rings. The second-order valence-electron chi connectivity index (χ2n) is 3.67. The Morgan fingerprint density at radius 3 is 2.89 bits per heavy atom. The summed E-state index contributed by atoms with van der Waals surface area (Å²) in [5, 5.41) is 9.87. The molecular formula is C12H12FN3O2. The Morgan fingerprint density at radius 2 is 2.22 bits per heavy atom. The average Bonchev–Trinajstić information content (AvgIpc) is 2.78. The molecule has 2 rings (SSSR count). The first-order chi connectivity index (χ1) is 8.65. The van der Waals surface area contributed by atoms with Crippen LogP contribution in [0.3, 0.4) is 0 Å². The summed E-state index contributed by atoms with van der Waals surface area (Å²) in [5.41, 5.74) is 1.10. The molecule has 0 atom stereocenters. The molecule has 0 aliphatic heterocycles. The van der Waals surface area contributed by atoms with Crippen LogP contribution in [0.25, 0.3) is 11.3 Å². The summed E-state index contributed by atoms with van der Waals surface area (Å²) < 4.78 is 18.7. The summed E-state index contributed by atoms with van der Waals surface area (Å²) >= 11 is 0. The number of rotatable bonds is 3. The van der Waals surface area contributed by atoms with Crippen molar-refractivity contribution in [3.05, 3.63) is 35.3 Å². The molecule has 0 amide bonds. The van der Waals surface area contributed by atoms with E-state index in [2.05, 4.69) is 15.4 Å². The lowest BCUT2D eigenvalue weighted by Gasteiger charge is -2.05. The summed E-state index contributed by atoms with van der Waals surface area (Å²) in [6.07, 6.45) is 0.